The number of carbonyl (C=O) groups excluding carboxylic acids is 5. The first-order valence-corrected chi connectivity index (χ1v) is 12.0. The van der Waals surface area contributed by atoms with E-state index in [-0.39, 0.29) is 26.4 Å². The number of carbonyl (C=O) groups is 5. The molecule has 0 aliphatic carbocycles. The van der Waals surface area contributed by atoms with Gasteiger partial charge in [-0.15, -0.1) is 0 Å². The molecule has 1 fully saturated rings. The number of nitrogens with two attached hydrogens (primary N) is 1. The molecule has 14 nitrogen and oxygen atoms in total. The highest BCUT2D eigenvalue weighted by Gasteiger charge is 2.45. The number of urea groups is 1. The Kier molecular flexibility index (Phi) is 10.7. The van der Waals surface area contributed by atoms with Crippen molar-refractivity contribution in [3.63, 3.8) is 0 Å². The summed E-state index contributed by atoms with van der Waals surface area (Å²) >= 11 is 0. The van der Waals surface area contributed by atoms with Crippen LogP contribution >= 0.6 is 0 Å². The van der Waals surface area contributed by atoms with Crippen LogP contribution in [0.15, 0.2) is 48.5 Å². The number of imide groups is 2. The van der Waals surface area contributed by atoms with Gasteiger partial charge in [-0.3, -0.25) is 29.0 Å². The van der Waals surface area contributed by atoms with Crippen molar-refractivity contribution < 1.29 is 52.4 Å². The third-order valence-electron chi connectivity index (χ3n) is 5.45. The molecule has 1 aliphatic heterocycles. The second kappa shape index (κ2) is 14.3. The molecule has 0 atom stereocenters. The van der Waals surface area contributed by atoms with Crippen molar-refractivity contribution in [3.05, 3.63) is 48.5 Å². The smallest absolute Gasteiger partial charge is 0.334 e. The van der Waals surface area contributed by atoms with Gasteiger partial charge in [-0.2, -0.15) is 0 Å². The molecule has 0 radical (unpaired) electrons. The second-order valence-corrected chi connectivity index (χ2v) is 8.05. The van der Waals surface area contributed by atoms with Crippen molar-refractivity contribution in [1.82, 2.24) is 9.80 Å². The largest absolute Gasteiger partial charge is 0.493 e. The zero-order valence-corrected chi connectivity index (χ0v) is 21.9. The number of benzene rings is 2. The van der Waals surface area contributed by atoms with E-state index in [1.165, 1.54) is 14.2 Å². The molecule has 0 aromatic heterocycles. The fraction of sp³-hybridized carbons (Fsp3) is 0.346. The Hall–Kier alpha value is -4.85. The first-order valence-electron chi connectivity index (χ1n) is 12.0. The summed E-state index contributed by atoms with van der Waals surface area (Å²) in [5, 5.41) is 0. The molecule has 0 bridgehead atoms. The SMILES string of the molecule is COc1ccccc1OCCOC(=O)CN1C(=O)C(N)C(=O)N(CC(=O)OCCOc2ccccc2OC)C1=O. The van der Waals surface area contributed by atoms with Crippen molar-refractivity contribution in [1.29, 1.82) is 0 Å². The van der Waals surface area contributed by atoms with Gasteiger partial charge in [0.2, 0.25) is 0 Å². The maximum absolute atomic E-state index is 12.8. The highest BCUT2D eigenvalue weighted by molar-refractivity contribution is 6.20. The zero-order chi connectivity index (χ0) is 29.1. The van der Waals surface area contributed by atoms with E-state index in [0.717, 1.165) is 0 Å². The summed E-state index contributed by atoms with van der Waals surface area (Å²) in [4.78, 5) is 63.1. The molecule has 0 spiro atoms. The van der Waals surface area contributed by atoms with Gasteiger partial charge >= 0.3 is 18.0 Å². The lowest BCUT2D eigenvalue weighted by atomic mass is 10.2. The van der Waals surface area contributed by atoms with E-state index >= 15 is 0 Å². The maximum atomic E-state index is 12.8. The Bertz CT molecular complexity index is 1140. The summed E-state index contributed by atoms with van der Waals surface area (Å²) in [5.74, 6) is -2.29. The molecule has 14 heteroatoms. The van der Waals surface area contributed by atoms with Gasteiger partial charge in [-0.1, -0.05) is 24.3 Å². The van der Waals surface area contributed by atoms with Crippen LogP contribution in [-0.4, -0.2) is 99.4 Å². The number of nitrogens with zero attached hydrogens (tertiary/aromatic N) is 2. The molecule has 3 rings (SSSR count). The van der Waals surface area contributed by atoms with Crippen molar-refractivity contribution >= 4 is 29.8 Å². The summed E-state index contributed by atoms with van der Waals surface area (Å²) in [7, 11) is 2.96. The Morgan fingerprint density at radius 3 is 1.43 bits per heavy atom. The van der Waals surface area contributed by atoms with E-state index in [2.05, 4.69) is 0 Å². The first-order chi connectivity index (χ1) is 19.3. The van der Waals surface area contributed by atoms with Gasteiger partial charge < -0.3 is 34.2 Å². The summed E-state index contributed by atoms with van der Waals surface area (Å²) in [6.07, 6.45) is 0. The number of barbiturate groups is 1. The number of para-hydroxylation sites is 4. The molecule has 2 aromatic rings. The molecular formula is C26H29N3O11. The lowest BCUT2D eigenvalue weighted by Gasteiger charge is -2.34. The first kappa shape index (κ1) is 29.7. The summed E-state index contributed by atoms with van der Waals surface area (Å²) in [6.45, 7) is -2.14. The average Bonchev–Trinajstić information content (AvgIpc) is 2.97. The van der Waals surface area contributed by atoms with Gasteiger partial charge in [0.15, 0.2) is 29.0 Å². The van der Waals surface area contributed by atoms with Gasteiger partial charge in [-0.05, 0) is 24.3 Å². The third-order valence-corrected chi connectivity index (χ3v) is 5.45. The van der Waals surface area contributed by atoms with Crippen molar-refractivity contribution in [2.24, 2.45) is 5.73 Å². The lowest BCUT2D eigenvalue weighted by Crippen LogP contribution is -2.66. The molecule has 1 heterocycles. The van der Waals surface area contributed by atoms with Crippen molar-refractivity contribution in [2.45, 2.75) is 6.04 Å². The minimum atomic E-state index is -1.79. The summed E-state index contributed by atoms with van der Waals surface area (Å²) in [5.41, 5.74) is 5.64. The van der Waals surface area contributed by atoms with Crippen LogP contribution in [0.25, 0.3) is 0 Å². The second-order valence-electron chi connectivity index (χ2n) is 8.05. The van der Waals surface area contributed by atoms with Gasteiger partial charge in [0.1, 0.15) is 39.5 Å². The van der Waals surface area contributed by atoms with Crippen molar-refractivity contribution in [2.75, 3.05) is 53.7 Å². The Morgan fingerprint density at radius 1 is 0.675 bits per heavy atom. The highest BCUT2D eigenvalue weighted by Crippen LogP contribution is 2.26. The number of methoxy groups -OCH3 is 2. The molecule has 1 saturated heterocycles. The number of amides is 4. The fourth-order valence-electron chi connectivity index (χ4n) is 3.51. The van der Waals surface area contributed by atoms with Crippen LogP contribution in [0.1, 0.15) is 0 Å². The van der Waals surface area contributed by atoms with Crippen LogP contribution in [-0.2, 0) is 28.7 Å². The van der Waals surface area contributed by atoms with Gasteiger partial charge in [0.25, 0.3) is 11.8 Å². The number of rotatable bonds is 14. The van der Waals surface area contributed by atoms with Gasteiger partial charge in [-0.25, -0.2) is 4.79 Å². The minimum absolute atomic E-state index is 0.0370. The molecule has 0 unspecified atom stereocenters. The van der Waals surface area contributed by atoms with E-state index in [1.807, 2.05) is 0 Å². The normalized spacial score (nSPS) is 13.6. The standard InChI is InChI=1S/C26H29N3O11/c1-35-17-7-3-5-9-19(17)37-11-13-39-21(30)15-28-24(32)23(27)25(33)29(26(28)34)16-22(31)40-14-12-38-20-10-6-4-8-18(20)36-2/h3-10,23H,11-16,27H2,1-2H3. The predicted octanol–water partition coefficient (Wildman–Crippen LogP) is 0.366. The highest BCUT2D eigenvalue weighted by atomic mass is 16.6. The van der Waals surface area contributed by atoms with E-state index in [4.69, 9.17) is 34.2 Å². The molecule has 1 aliphatic rings. The minimum Gasteiger partial charge on any atom is -0.493 e. The molecular weight excluding hydrogens is 530 g/mol. The number of hydrogen-bond donors (Lipinski definition) is 1. The Labute approximate surface area is 229 Å². The monoisotopic (exact) mass is 559 g/mol. The van der Waals surface area contributed by atoms with Crippen LogP contribution < -0.4 is 24.7 Å². The number of hydrogen-bond acceptors (Lipinski definition) is 12. The molecule has 214 valence electrons. The van der Waals surface area contributed by atoms with Crippen LogP contribution in [0.2, 0.25) is 0 Å². The van der Waals surface area contributed by atoms with E-state index in [0.29, 0.717) is 32.8 Å². The molecule has 0 saturated carbocycles. The lowest BCUT2D eigenvalue weighted by molar-refractivity contribution is -0.156. The van der Waals surface area contributed by atoms with E-state index < -0.39 is 48.9 Å². The van der Waals surface area contributed by atoms with Crippen LogP contribution in [0.5, 0.6) is 23.0 Å². The van der Waals surface area contributed by atoms with Gasteiger partial charge in [0, 0.05) is 0 Å². The number of esters is 2. The maximum Gasteiger partial charge on any atom is 0.334 e. The Morgan fingerprint density at radius 2 is 1.05 bits per heavy atom. The third kappa shape index (κ3) is 7.60. The van der Waals surface area contributed by atoms with Crippen LogP contribution in [0, 0.1) is 0 Å². The fourth-order valence-corrected chi connectivity index (χ4v) is 3.51. The summed E-state index contributed by atoms with van der Waals surface area (Å²) in [6, 6.07) is 10.7. The topological polar surface area (TPSA) is 173 Å². The molecule has 2 aromatic carbocycles. The van der Waals surface area contributed by atoms with Crippen LogP contribution in [0.4, 0.5) is 4.79 Å². The molecule has 40 heavy (non-hydrogen) atoms. The van der Waals surface area contributed by atoms with Crippen LogP contribution in [0.3, 0.4) is 0 Å². The summed E-state index contributed by atoms with van der Waals surface area (Å²) < 4.78 is 31.3. The molecule has 2 N–H and O–H groups in total. The van der Waals surface area contributed by atoms with E-state index in [1.54, 1.807) is 48.5 Å². The van der Waals surface area contributed by atoms with E-state index in [9.17, 15) is 24.0 Å². The average molecular weight is 560 g/mol. The van der Waals surface area contributed by atoms with Crippen molar-refractivity contribution in [3.8, 4) is 23.0 Å². The quantitative estimate of drug-likeness (QED) is 0.192. The predicted molar refractivity (Wildman–Crippen MR) is 136 cm³/mol. The molecule has 4 amide bonds. The Balaban J connectivity index is 1.47. The zero-order valence-electron chi connectivity index (χ0n) is 21.9. The van der Waals surface area contributed by atoms with Gasteiger partial charge in [0.05, 0.1) is 14.2 Å². The number of ether oxygens (including phenoxy) is 6.